The smallest absolute Gasteiger partial charge is 0.327 e. The first-order chi connectivity index (χ1) is 8.04. The van der Waals surface area contributed by atoms with Crippen LogP contribution in [0, 0.1) is 11.6 Å². The lowest BCUT2D eigenvalue weighted by Crippen LogP contribution is -2.22. The average molecular weight is 240 g/mol. The van der Waals surface area contributed by atoms with Crippen molar-refractivity contribution in [1.82, 2.24) is 4.98 Å². The molecule has 0 aliphatic rings. The van der Waals surface area contributed by atoms with Gasteiger partial charge in [-0.3, -0.25) is 4.79 Å². The zero-order valence-electron chi connectivity index (χ0n) is 8.96. The molecule has 3 N–H and O–H groups in total. The summed E-state index contributed by atoms with van der Waals surface area (Å²) >= 11 is 0. The third-order valence-electron chi connectivity index (χ3n) is 2.54. The largest absolute Gasteiger partial charge is 0.468 e. The number of carbonyl (C=O) groups is 1. The molecule has 0 saturated heterocycles. The number of methoxy groups -OCH3 is 1. The Bertz CT molecular complexity index is 580. The van der Waals surface area contributed by atoms with Crippen LogP contribution in [0.3, 0.4) is 0 Å². The first-order valence-corrected chi connectivity index (χ1v) is 4.84. The van der Waals surface area contributed by atoms with Crippen molar-refractivity contribution in [3.05, 3.63) is 35.5 Å². The number of ether oxygens (including phenoxy) is 1. The van der Waals surface area contributed by atoms with Crippen LogP contribution in [0.5, 0.6) is 0 Å². The number of H-pyrrole nitrogens is 1. The summed E-state index contributed by atoms with van der Waals surface area (Å²) in [6.07, 6.45) is 1.44. The molecule has 6 heteroatoms. The van der Waals surface area contributed by atoms with Crippen molar-refractivity contribution in [1.29, 1.82) is 0 Å². The molecule has 1 atom stereocenters. The summed E-state index contributed by atoms with van der Waals surface area (Å²) in [5.74, 6) is -2.59. The van der Waals surface area contributed by atoms with Gasteiger partial charge in [0.25, 0.3) is 0 Å². The zero-order chi connectivity index (χ0) is 12.6. The van der Waals surface area contributed by atoms with Crippen LogP contribution < -0.4 is 5.73 Å². The summed E-state index contributed by atoms with van der Waals surface area (Å²) in [5, 5.41) is 0.363. The minimum atomic E-state index is -1.03. The number of esters is 1. The third-order valence-corrected chi connectivity index (χ3v) is 2.54. The van der Waals surface area contributed by atoms with Gasteiger partial charge in [-0.25, -0.2) is 8.78 Å². The number of fused-ring (bicyclic) bond motifs is 1. The molecule has 1 heterocycles. The van der Waals surface area contributed by atoms with Gasteiger partial charge in [-0.05, 0) is 6.07 Å². The molecule has 0 spiro atoms. The molecule has 0 amide bonds. The molecular weight excluding hydrogens is 230 g/mol. The Labute approximate surface area is 95.4 Å². The van der Waals surface area contributed by atoms with E-state index in [-0.39, 0.29) is 0 Å². The fourth-order valence-electron chi connectivity index (χ4n) is 1.65. The Kier molecular flexibility index (Phi) is 2.81. The molecule has 0 aliphatic heterocycles. The second-order valence-electron chi connectivity index (χ2n) is 3.56. The van der Waals surface area contributed by atoms with Crippen molar-refractivity contribution in [2.75, 3.05) is 7.11 Å². The van der Waals surface area contributed by atoms with Gasteiger partial charge in [0, 0.05) is 28.7 Å². The van der Waals surface area contributed by atoms with E-state index in [9.17, 15) is 13.6 Å². The molecule has 1 aromatic heterocycles. The minimum Gasteiger partial charge on any atom is -0.468 e. The first-order valence-electron chi connectivity index (χ1n) is 4.84. The number of halogens is 2. The lowest BCUT2D eigenvalue weighted by Gasteiger charge is -2.07. The van der Waals surface area contributed by atoms with Gasteiger partial charge in [-0.15, -0.1) is 0 Å². The second kappa shape index (κ2) is 4.14. The predicted octanol–water partition coefficient (Wildman–Crippen LogP) is 1.62. The van der Waals surface area contributed by atoms with Crippen LogP contribution in [0.15, 0.2) is 18.3 Å². The molecular formula is C11H10F2N2O2. The Balaban J connectivity index is 2.56. The van der Waals surface area contributed by atoms with E-state index < -0.39 is 23.6 Å². The summed E-state index contributed by atoms with van der Waals surface area (Å²) in [4.78, 5) is 14.0. The van der Waals surface area contributed by atoms with Crippen molar-refractivity contribution >= 4 is 16.9 Å². The standard InChI is InChI=1S/C11H10F2N2O2/c1-17-11(16)10(14)6-4-15-9-3-8(13)7(12)2-5(6)9/h2-4,10,15H,14H2,1H3. The average Bonchev–Trinajstić information content (AvgIpc) is 2.70. The molecule has 2 rings (SSSR count). The Morgan fingerprint density at radius 2 is 2.06 bits per heavy atom. The van der Waals surface area contributed by atoms with Gasteiger partial charge in [0.2, 0.25) is 0 Å². The van der Waals surface area contributed by atoms with Gasteiger partial charge >= 0.3 is 5.97 Å². The molecule has 0 fully saturated rings. The molecule has 90 valence electrons. The number of benzene rings is 1. The van der Waals surface area contributed by atoms with Crippen LogP contribution in [0.1, 0.15) is 11.6 Å². The van der Waals surface area contributed by atoms with Crippen molar-refractivity contribution in [2.24, 2.45) is 5.73 Å². The van der Waals surface area contributed by atoms with Gasteiger partial charge in [0.15, 0.2) is 11.6 Å². The molecule has 0 saturated carbocycles. The van der Waals surface area contributed by atoms with Gasteiger partial charge < -0.3 is 15.5 Å². The Morgan fingerprint density at radius 1 is 1.41 bits per heavy atom. The first kappa shape index (κ1) is 11.5. The highest BCUT2D eigenvalue weighted by molar-refractivity contribution is 5.89. The number of hydrogen-bond acceptors (Lipinski definition) is 3. The van der Waals surface area contributed by atoms with E-state index in [0.717, 1.165) is 12.1 Å². The van der Waals surface area contributed by atoms with E-state index in [1.807, 2.05) is 0 Å². The minimum absolute atomic E-state index is 0.363. The van der Waals surface area contributed by atoms with Crippen LogP contribution in [0.25, 0.3) is 10.9 Å². The van der Waals surface area contributed by atoms with Crippen molar-refractivity contribution < 1.29 is 18.3 Å². The molecule has 1 unspecified atom stereocenters. The van der Waals surface area contributed by atoms with Crippen LogP contribution in [0.4, 0.5) is 8.78 Å². The van der Waals surface area contributed by atoms with Crippen LogP contribution in [0.2, 0.25) is 0 Å². The van der Waals surface area contributed by atoms with E-state index in [4.69, 9.17) is 5.73 Å². The lowest BCUT2D eigenvalue weighted by atomic mass is 10.1. The predicted molar refractivity (Wildman–Crippen MR) is 57.2 cm³/mol. The van der Waals surface area contributed by atoms with Gasteiger partial charge in [-0.2, -0.15) is 0 Å². The number of nitrogens with two attached hydrogens (primary N) is 1. The topological polar surface area (TPSA) is 68.1 Å². The molecule has 1 aromatic carbocycles. The highest BCUT2D eigenvalue weighted by Gasteiger charge is 2.20. The zero-order valence-corrected chi connectivity index (χ0v) is 8.96. The maximum Gasteiger partial charge on any atom is 0.327 e. The van der Waals surface area contributed by atoms with Gasteiger partial charge in [0.1, 0.15) is 6.04 Å². The number of aromatic amines is 1. The van der Waals surface area contributed by atoms with E-state index in [2.05, 4.69) is 9.72 Å². The second-order valence-corrected chi connectivity index (χ2v) is 3.56. The third kappa shape index (κ3) is 1.87. The van der Waals surface area contributed by atoms with Gasteiger partial charge in [-0.1, -0.05) is 0 Å². The van der Waals surface area contributed by atoms with E-state index >= 15 is 0 Å². The lowest BCUT2D eigenvalue weighted by molar-refractivity contribution is -0.142. The highest BCUT2D eigenvalue weighted by Crippen LogP contribution is 2.25. The maximum absolute atomic E-state index is 13.1. The highest BCUT2D eigenvalue weighted by atomic mass is 19.2. The summed E-state index contributed by atoms with van der Waals surface area (Å²) in [5.41, 5.74) is 6.38. The summed E-state index contributed by atoms with van der Waals surface area (Å²) < 4.78 is 30.6. The van der Waals surface area contributed by atoms with E-state index in [1.54, 1.807) is 0 Å². The number of carbonyl (C=O) groups excluding carboxylic acids is 1. The fourth-order valence-corrected chi connectivity index (χ4v) is 1.65. The van der Waals surface area contributed by atoms with E-state index in [1.165, 1.54) is 13.3 Å². The number of nitrogens with one attached hydrogen (secondary N) is 1. The quantitative estimate of drug-likeness (QED) is 0.784. The normalized spacial score (nSPS) is 12.7. The Hall–Kier alpha value is -1.95. The van der Waals surface area contributed by atoms with Crippen molar-refractivity contribution in [3.8, 4) is 0 Å². The van der Waals surface area contributed by atoms with Crippen LogP contribution in [-0.4, -0.2) is 18.1 Å². The molecule has 2 aromatic rings. The number of hydrogen-bond donors (Lipinski definition) is 2. The maximum atomic E-state index is 13.1. The molecule has 0 bridgehead atoms. The molecule has 17 heavy (non-hydrogen) atoms. The summed E-state index contributed by atoms with van der Waals surface area (Å²) in [7, 11) is 1.21. The van der Waals surface area contributed by atoms with E-state index in [0.29, 0.717) is 16.5 Å². The fraction of sp³-hybridized carbons (Fsp3) is 0.182. The van der Waals surface area contributed by atoms with Crippen LogP contribution >= 0.6 is 0 Å². The molecule has 0 aliphatic carbocycles. The Morgan fingerprint density at radius 3 is 2.71 bits per heavy atom. The number of aromatic nitrogens is 1. The summed E-state index contributed by atoms with van der Waals surface area (Å²) in [6, 6.07) is 0.982. The van der Waals surface area contributed by atoms with Crippen LogP contribution in [-0.2, 0) is 9.53 Å². The SMILES string of the molecule is COC(=O)C(N)c1c[nH]c2cc(F)c(F)cc12. The monoisotopic (exact) mass is 240 g/mol. The summed E-state index contributed by atoms with van der Waals surface area (Å²) in [6.45, 7) is 0. The van der Waals surface area contributed by atoms with Gasteiger partial charge in [0.05, 0.1) is 7.11 Å². The molecule has 4 nitrogen and oxygen atoms in total. The molecule has 0 radical (unpaired) electrons. The van der Waals surface area contributed by atoms with Crippen molar-refractivity contribution in [2.45, 2.75) is 6.04 Å². The van der Waals surface area contributed by atoms with Crippen molar-refractivity contribution in [3.63, 3.8) is 0 Å². The number of rotatable bonds is 2.